The zero-order valence-electron chi connectivity index (χ0n) is 14.9. The maximum atomic E-state index is 13.3. The Labute approximate surface area is 175 Å². The van der Waals surface area contributed by atoms with Crippen molar-refractivity contribution in [2.24, 2.45) is 11.8 Å². The Bertz CT molecular complexity index is 1020. The highest BCUT2D eigenvalue weighted by Gasteiger charge is 2.67. The first kappa shape index (κ1) is 19.4. The molecule has 2 aliphatic heterocycles. The van der Waals surface area contributed by atoms with Gasteiger partial charge in [0.2, 0.25) is 11.8 Å². The van der Waals surface area contributed by atoms with Gasteiger partial charge in [0.15, 0.2) is 0 Å². The SMILES string of the molecule is Cc1ccc(N2C(=O)C3C(c4ccc(Cl)s4)NC(C)(C(=O)O)C3C2=O)cc1Cl. The standard InChI is InChI=1S/C19H16Cl2N2O4S/c1-8-3-4-9(7-10(8)20)23-16(24)13-14(17(23)25)19(2,18(26)27)22-15(13)11-5-6-12(21)28-11/h3-7,13-15,22H,1-2H3,(H,26,27). The van der Waals surface area contributed by atoms with E-state index < -0.39 is 41.2 Å². The first-order chi connectivity index (χ1) is 13.1. The van der Waals surface area contributed by atoms with E-state index in [1.165, 1.54) is 18.3 Å². The normalized spacial score (nSPS) is 29.4. The topological polar surface area (TPSA) is 86.7 Å². The summed E-state index contributed by atoms with van der Waals surface area (Å²) in [4.78, 5) is 40.4. The number of fused-ring (bicyclic) bond motifs is 1. The number of benzene rings is 1. The van der Waals surface area contributed by atoms with Crippen LogP contribution in [0.2, 0.25) is 9.36 Å². The Hall–Kier alpha value is -1.93. The van der Waals surface area contributed by atoms with E-state index in [2.05, 4.69) is 5.32 Å². The summed E-state index contributed by atoms with van der Waals surface area (Å²) in [6.45, 7) is 3.26. The van der Waals surface area contributed by atoms with Crippen LogP contribution >= 0.6 is 34.5 Å². The quantitative estimate of drug-likeness (QED) is 0.713. The predicted molar refractivity (Wildman–Crippen MR) is 107 cm³/mol. The molecular weight excluding hydrogens is 423 g/mol. The van der Waals surface area contributed by atoms with Gasteiger partial charge in [-0.25, -0.2) is 4.90 Å². The summed E-state index contributed by atoms with van der Waals surface area (Å²) >= 11 is 13.5. The van der Waals surface area contributed by atoms with Gasteiger partial charge < -0.3 is 5.11 Å². The molecule has 28 heavy (non-hydrogen) atoms. The molecule has 2 saturated heterocycles. The molecule has 4 rings (SSSR count). The van der Waals surface area contributed by atoms with Crippen molar-refractivity contribution in [3.05, 3.63) is 50.1 Å². The predicted octanol–water partition coefficient (Wildman–Crippen LogP) is 3.66. The van der Waals surface area contributed by atoms with E-state index in [4.69, 9.17) is 23.2 Å². The number of amides is 2. The summed E-state index contributed by atoms with van der Waals surface area (Å²) in [6, 6.07) is 7.73. The maximum absolute atomic E-state index is 13.3. The molecule has 1 aromatic heterocycles. The molecule has 9 heteroatoms. The molecule has 0 aliphatic carbocycles. The Morgan fingerprint density at radius 3 is 2.50 bits per heavy atom. The van der Waals surface area contributed by atoms with Gasteiger partial charge in [-0.2, -0.15) is 0 Å². The smallest absolute Gasteiger partial charge is 0.324 e. The number of thiophene rings is 1. The monoisotopic (exact) mass is 438 g/mol. The third kappa shape index (κ3) is 2.69. The Kier molecular flexibility index (Phi) is 4.54. The minimum Gasteiger partial charge on any atom is -0.480 e. The van der Waals surface area contributed by atoms with E-state index in [0.717, 1.165) is 15.3 Å². The third-order valence-corrected chi connectivity index (χ3v) is 7.27. The summed E-state index contributed by atoms with van der Waals surface area (Å²) in [5.41, 5.74) is -0.425. The average molecular weight is 439 g/mol. The largest absolute Gasteiger partial charge is 0.480 e. The summed E-state index contributed by atoms with van der Waals surface area (Å²) in [5.74, 6) is -4.05. The molecule has 0 saturated carbocycles. The number of carbonyl (C=O) groups is 3. The number of rotatable bonds is 3. The number of imide groups is 1. The molecule has 6 nitrogen and oxygen atoms in total. The summed E-state index contributed by atoms with van der Waals surface area (Å²) in [7, 11) is 0. The molecule has 2 aromatic rings. The zero-order valence-corrected chi connectivity index (χ0v) is 17.2. The van der Waals surface area contributed by atoms with Gasteiger partial charge in [0.05, 0.1) is 27.9 Å². The number of nitrogens with zero attached hydrogens (tertiary/aromatic N) is 1. The van der Waals surface area contributed by atoms with E-state index in [1.807, 2.05) is 6.92 Å². The number of anilines is 1. The molecule has 4 atom stereocenters. The molecular formula is C19H16Cl2N2O4S. The van der Waals surface area contributed by atoms with Crippen LogP contribution in [0.3, 0.4) is 0 Å². The van der Waals surface area contributed by atoms with Crippen molar-refractivity contribution < 1.29 is 19.5 Å². The van der Waals surface area contributed by atoms with Crippen molar-refractivity contribution in [1.82, 2.24) is 5.32 Å². The van der Waals surface area contributed by atoms with Crippen LogP contribution in [0, 0.1) is 18.8 Å². The Morgan fingerprint density at radius 1 is 1.21 bits per heavy atom. The van der Waals surface area contributed by atoms with Crippen molar-refractivity contribution in [3.8, 4) is 0 Å². The van der Waals surface area contributed by atoms with Crippen LogP contribution in [-0.4, -0.2) is 28.4 Å². The average Bonchev–Trinajstić information content (AvgIpc) is 3.26. The fourth-order valence-corrected chi connectivity index (χ4v) is 5.39. The molecule has 0 radical (unpaired) electrons. The van der Waals surface area contributed by atoms with Gasteiger partial charge in [-0.3, -0.25) is 19.7 Å². The molecule has 2 amide bonds. The molecule has 2 fully saturated rings. The number of hydrogen-bond acceptors (Lipinski definition) is 5. The van der Waals surface area contributed by atoms with Crippen LogP contribution in [0.15, 0.2) is 30.3 Å². The van der Waals surface area contributed by atoms with Gasteiger partial charge in [-0.1, -0.05) is 29.3 Å². The number of halogens is 2. The van der Waals surface area contributed by atoms with E-state index >= 15 is 0 Å². The number of hydrogen-bond donors (Lipinski definition) is 2. The van der Waals surface area contributed by atoms with Crippen LogP contribution < -0.4 is 10.2 Å². The highest BCUT2D eigenvalue weighted by molar-refractivity contribution is 7.16. The van der Waals surface area contributed by atoms with E-state index in [9.17, 15) is 19.5 Å². The van der Waals surface area contributed by atoms with Gasteiger partial charge in [0.25, 0.3) is 0 Å². The van der Waals surface area contributed by atoms with E-state index in [1.54, 1.807) is 30.3 Å². The van der Waals surface area contributed by atoms with Crippen LogP contribution in [0.1, 0.15) is 23.4 Å². The van der Waals surface area contributed by atoms with Crippen molar-refractivity contribution in [3.63, 3.8) is 0 Å². The second-order valence-electron chi connectivity index (χ2n) is 7.22. The first-order valence-corrected chi connectivity index (χ1v) is 10.1. The third-order valence-electron chi connectivity index (χ3n) is 5.55. The van der Waals surface area contributed by atoms with Crippen molar-refractivity contribution in [1.29, 1.82) is 0 Å². The van der Waals surface area contributed by atoms with Crippen molar-refractivity contribution >= 4 is 58.0 Å². The first-order valence-electron chi connectivity index (χ1n) is 8.55. The number of carboxylic acids is 1. The molecule has 1 aromatic carbocycles. The Balaban J connectivity index is 1.82. The lowest BCUT2D eigenvalue weighted by Crippen LogP contribution is -2.53. The van der Waals surface area contributed by atoms with Gasteiger partial charge >= 0.3 is 5.97 Å². The van der Waals surface area contributed by atoms with Crippen LogP contribution in [0.25, 0.3) is 0 Å². The molecule has 4 unspecified atom stereocenters. The molecule has 146 valence electrons. The lowest BCUT2D eigenvalue weighted by Gasteiger charge is -2.27. The fourth-order valence-electron chi connectivity index (χ4n) is 4.05. The van der Waals surface area contributed by atoms with Crippen molar-refractivity contribution in [2.75, 3.05) is 4.90 Å². The fraction of sp³-hybridized carbons (Fsp3) is 0.316. The summed E-state index contributed by atoms with van der Waals surface area (Å²) in [5, 5.41) is 13.3. The lowest BCUT2D eigenvalue weighted by atomic mass is 9.81. The van der Waals surface area contributed by atoms with Crippen molar-refractivity contribution in [2.45, 2.75) is 25.4 Å². The highest BCUT2D eigenvalue weighted by Crippen LogP contribution is 2.51. The molecule has 2 N–H and O–H groups in total. The molecule has 3 heterocycles. The second kappa shape index (κ2) is 6.56. The lowest BCUT2D eigenvalue weighted by molar-refractivity contribution is -0.147. The van der Waals surface area contributed by atoms with Crippen LogP contribution in [-0.2, 0) is 14.4 Å². The minimum atomic E-state index is -1.58. The van der Waals surface area contributed by atoms with E-state index in [-0.39, 0.29) is 0 Å². The molecule has 0 spiro atoms. The number of aliphatic carboxylic acids is 1. The highest BCUT2D eigenvalue weighted by atomic mass is 35.5. The van der Waals surface area contributed by atoms with Gasteiger partial charge in [0.1, 0.15) is 5.54 Å². The molecule has 0 bridgehead atoms. The summed E-state index contributed by atoms with van der Waals surface area (Å²) in [6.07, 6.45) is 0. The van der Waals surface area contributed by atoms with Gasteiger partial charge in [-0.05, 0) is 43.7 Å². The van der Waals surface area contributed by atoms with Gasteiger partial charge in [0, 0.05) is 9.90 Å². The Morgan fingerprint density at radius 2 is 1.93 bits per heavy atom. The van der Waals surface area contributed by atoms with Crippen LogP contribution in [0.5, 0.6) is 0 Å². The molecule has 2 aliphatic rings. The van der Waals surface area contributed by atoms with E-state index in [0.29, 0.717) is 15.0 Å². The maximum Gasteiger partial charge on any atom is 0.324 e. The van der Waals surface area contributed by atoms with Crippen LogP contribution in [0.4, 0.5) is 5.69 Å². The zero-order chi connectivity index (χ0) is 20.4. The number of carbonyl (C=O) groups excluding carboxylic acids is 2. The number of aryl methyl sites for hydroxylation is 1. The number of nitrogens with one attached hydrogen (secondary N) is 1. The second-order valence-corrected chi connectivity index (χ2v) is 9.37. The minimum absolute atomic E-state index is 0.343. The summed E-state index contributed by atoms with van der Waals surface area (Å²) < 4.78 is 0.524. The number of carboxylic acid groups (broad SMARTS) is 1. The van der Waals surface area contributed by atoms with Gasteiger partial charge in [-0.15, -0.1) is 11.3 Å².